The zero-order valence-electron chi connectivity index (χ0n) is 18.5. The van der Waals surface area contributed by atoms with Gasteiger partial charge in [-0.2, -0.15) is 5.26 Å². The first kappa shape index (κ1) is 25.1. The summed E-state index contributed by atoms with van der Waals surface area (Å²) >= 11 is 6.01. The minimum absolute atomic E-state index is 0.0680. The second-order valence-corrected chi connectivity index (χ2v) is 7.58. The van der Waals surface area contributed by atoms with Crippen LogP contribution in [0.15, 0.2) is 66.2 Å². The summed E-state index contributed by atoms with van der Waals surface area (Å²) in [5.74, 6) is -0.391. The van der Waals surface area contributed by atoms with Crippen LogP contribution in [0.1, 0.15) is 18.1 Å². The van der Waals surface area contributed by atoms with E-state index in [9.17, 15) is 25.3 Å². The summed E-state index contributed by atoms with van der Waals surface area (Å²) < 4.78 is 11.5. The van der Waals surface area contributed by atoms with Crippen LogP contribution < -0.4 is 14.8 Å². The molecule has 3 aromatic rings. The summed E-state index contributed by atoms with van der Waals surface area (Å²) in [6.07, 6.45) is 1.35. The summed E-state index contributed by atoms with van der Waals surface area (Å²) in [6.45, 7) is 2.44. The average molecular weight is 494 g/mol. The second kappa shape index (κ2) is 11.5. The molecule has 0 fully saturated rings. The minimum Gasteiger partial charge on any atom is -0.506 e. The number of phenolic OH excluding ortho intramolecular Hbond substituents is 1. The molecule has 9 nitrogen and oxygen atoms in total. The molecule has 0 aliphatic carbocycles. The number of nitro benzene ring substituents is 1. The minimum atomic E-state index is -0.795. The summed E-state index contributed by atoms with van der Waals surface area (Å²) in [5, 5.41) is 33.2. The van der Waals surface area contributed by atoms with Crippen LogP contribution in [0.3, 0.4) is 0 Å². The standard InChI is InChI=1S/C25H20ClN3O6/c1-2-34-24-12-16(6-9-23(24)35-15-17-4-3-5-19(26)11-17)10-18(14-27)25(31)28-21-8-7-20(29(32)33)13-22(21)30/h3-13,30H,2,15H2,1H3,(H,28,31)/b18-10+. The van der Waals surface area contributed by atoms with E-state index in [0.717, 1.165) is 17.7 Å². The van der Waals surface area contributed by atoms with Crippen LogP contribution in [0, 0.1) is 21.4 Å². The number of anilines is 1. The number of ether oxygens (including phenoxy) is 2. The Bertz CT molecular complexity index is 1330. The molecule has 3 rings (SSSR count). The third-order valence-corrected chi connectivity index (χ3v) is 4.90. The number of phenols is 1. The molecule has 0 bridgehead atoms. The van der Waals surface area contributed by atoms with Crippen LogP contribution in [0.5, 0.6) is 17.2 Å². The van der Waals surface area contributed by atoms with E-state index in [1.54, 1.807) is 30.3 Å². The zero-order chi connectivity index (χ0) is 25.4. The number of carbonyl (C=O) groups is 1. The predicted octanol–water partition coefficient (Wildman–Crippen LogP) is 5.48. The molecule has 35 heavy (non-hydrogen) atoms. The van der Waals surface area contributed by atoms with Gasteiger partial charge >= 0.3 is 0 Å². The summed E-state index contributed by atoms with van der Waals surface area (Å²) in [4.78, 5) is 22.7. The molecular weight excluding hydrogens is 474 g/mol. The van der Waals surface area contributed by atoms with Crippen molar-refractivity contribution in [2.75, 3.05) is 11.9 Å². The number of nitrogens with one attached hydrogen (secondary N) is 1. The fourth-order valence-corrected chi connectivity index (χ4v) is 3.25. The lowest BCUT2D eigenvalue weighted by molar-refractivity contribution is -0.384. The summed E-state index contributed by atoms with van der Waals surface area (Å²) in [7, 11) is 0. The number of aromatic hydroxyl groups is 1. The molecule has 2 N–H and O–H groups in total. The van der Waals surface area contributed by atoms with Gasteiger partial charge < -0.3 is 19.9 Å². The Hall–Kier alpha value is -4.55. The first-order chi connectivity index (χ1) is 16.8. The maximum atomic E-state index is 12.6. The number of halogens is 1. The monoisotopic (exact) mass is 493 g/mol. The first-order valence-corrected chi connectivity index (χ1v) is 10.7. The number of rotatable bonds is 9. The Labute approximate surface area is 205 Å². The van der Waals surface area contributed by atoms with E-state index in [1.165, 1.54) is 12.1 Å². The summed E-state index contributed by atoms with van der Waals surface area (Å²) in [6, 6.07) is 17.2. The van der Waals surface area contributed by atoms with Gasteiger partial charge in [-0.25, -0.2) is 0 Å². The van der Waals surface area contributed by atoms with Crippen molar-refractivity contribution in [1.29, 1.82) is 5.26 Å². The lowest BCUT2D eigenvalue weighted by Crippen LogP contribution is -2.13. The molecule has 0 heterocycles. The van der Waals surface area contributed by atoms with Gasteiger partial charge in [-0.1, -0.05) is 29.8 Å². The lowest BCUT2D eigenvalue weighted by atomic mass is 10.1. The highest BCUT2D eigenvalue weighted by Crippen LogP contribution is 2.31. The molecule has 0 aliphatic rings. The Balaban J connectivity index is 1.79. The SMILES string of the molecule is CCOc1cc(/C=C(\C#N)C(=O)Nc2ccc([N+](=O)[O-])cc2O)ccc1OCc1cccc(Cl)c1. The van der Waals surface area contributed by atoms with Crippen molar-refractivity contribution in [1.82, 2.24) is 0 Å². The Morgan fingerprint density at radius 2 is 1.97 bits per heavy atom. The lowest BCUT2D eigenvalue weighted by Gasteiger charge is -2.13. The van der Waals surface area contributed by atoms with Gasteiger partial charge in [0.15, 0.2) is 11.5 Å². The largest absolute Gasteiger partial charge is 0.506 e. The summed E-state index contributed by atoms with van der Waals surface area (Å²) in [5.41, 5.74) is 0.724. The Kier molecular flexibility index (Phi) is 8.27. The molecule has 1 amide bonds. The molecule has 10 heteroatoms. The zero-order valence-corrected chi connectivity index (χ0v) is 19.3. The quantitative estimate of drug-likeness (QED) is 0.132. The molecule has 0 unspecified atom stereocenters. The van der Waals surface area contributed by atoms with E-state index in [2.05, 4.69) is 5.32 Å². The molecule has 0 radical (unpaired) electrons. The average Bonchev–Trinajstić information content (AvgIpc) is 2.83. The second-order valence-electron chi connectivity index (χ2n) is 7.14. The van der Waals surface area contributed by atoms with E-state index < -0.39 is 16.6 Å². The molecule has 0 aromatic heterocycles. The molecule has 0 spiro atoms. The highest BCUT2D eigenvalue weighted by atomic mass is 35.5. The van der Waals surface area contributed by atoms with Crippen molar-refractivity contribution in [3.8, 4) is 23.3 Å². The molecule has 0 saturated carbocycles. The highest BCUT2D eigenvalue weighted by molar-refractivity contribution is 6.30. The van der Waals surface area contributed by atoms with Crippen molar-refractivity contribution in [2.45, 2.75) is 13.5 Å². The third-order valence-electron chi connectivity index (χ3n) is 4.67. The fourth-order valence-electron chi connectivity index (χ4n) is 3.03. The molecule has 3 aromatic carbocycles. The molecule has 0 atom stereocenters. The van der Waals surface area contributed by atoms with Gasteiger partial charge in [0, 0.05) is 11.1 Å². The Morgan fingerprint density at radius 3 is 2.63 bits per heavy atom. The highest BCUT2D eigenvalue weighted by Gasteiger charge is 2.15. The Morgan fingerprint density at radius 1 is 1.17 bits per heavy atom. The van der Waals surface area contributed by atoms with E-state index in [4.69, 9.17) is 21.1 Å². The van der Waals surface area contributed by atoms with Crippen LogP contribution in [0.4, 0.5) is 11.4 Å². The molecule has 0 aliphatic heterocycles. The van der Waals surface area contributed by atoms with Gasteiger partial charge in [-0.05, 0) is 54.5 Å². The molecule has 0 saturated heterocycles. The van der Waals surface area contributed by atoms with Crippen molar-refractivity contribution >= 4 is 35.0 Å². The first-order valence-electron chi connectivity index (χ1n) is 10.4. The maximum absolute atomic E-state index is 12.6. The number of hydrogen-bond donors (Lipinski definition) is 2. The normalized spacial score (nSPS) is 10.8. The van der Waals surface area contributed by atoms with Gasteiger partial charge in [0.2, 0.25) is 0 Å². The van der Waals surface area contributed by atoms with Crippen LogP contribution in [-0.4, -0.2) is 22.5 Å². The van der Waals surface area contributed by atoms with Crippen molar-refractivity contribution in [3.05, 3.63) is 92.5 Å². The number of non-ortho nitro benzene ring substituents is 1. The maximum Gasteiger partial charge on any atom is 0.273 e. The molecule has 178 valence electrons. The smallest absolute Gasteiger partial charge is 0.273 e. The number of nitro groups is 1. The van der Waals surface area contributed by atoms with E-state index in [0.29, 0.717) is 28.7 Å². The van der Waals surface area contributed by atoms with Crippen LogP contribution >= 0.6 is 11.6 Å². The molecular formula is C25H20ClN3O6. The number of amides is 1. The van der Waals surface area contributed by atoms with E-state index >= 15 is 0 Å². The fraction of sp³-hybridized carbons (Fsp3) is 0.120. The third kappa shape index (κ3) is 6.72. The number of carbonyl (C=O) groups excluding carboxylic acids is 1. The number of nitrogens with zero attached hydrogens (tertiary/aromatic N) is 2. The van der Waals surface area contributed by atoms with Crippen LogP contribution in [-0.2, 0) is 11.4 Å². The van der Waals surface area contributed by atoms with Gasteiger partial charge in [0.25, 0.3) is 11.6 Å². The predicted molar refractivity (Wildman–Crippen MR) is 130 cm³/mol. The van der Waals surface area contributed by atoms with Gasteiger partial charge in [-0.15, -0.1) is 0 Å². The topological polar surface area (TPSA) is 135 Å². The van der Waals surface area contributed by atoms with Crippen molar-refractivity contribution in [3.63, 3.8) is 0 Å². The van der Waals surface area contributed by atoms with Crippen molar-refractivity contribution < 1.29 is 24.3 Å². The number of hydrogen-bond acceptors (Lipinski definition) is 7. The van der Waals surface area contributed by atoms with Gasteiger partial charge in [-0.3, -0.25) is 14.9 Å². The van der Waals surface area contributed by atoms with Crippen LogP contribution in [0.2, 0.25) is 5.02 Å². The van der Waals surface area contributed by atoms with E-state index in [1.807, 2.05) is 25.1 Å². The van der Waals surface area contributed by atoms with E-state index in [-0.39, 0.29) is 23.6 Å². The van der Waals surface area contributed by atoms with Gasteiger partial charge in [0.1, 0.15) is 24.0 Å². The van der Waals surface area contributed by atoms with Crippen LogP contribution in [0.25, 0.3) is 6.08 Å². The van der Waals surface area contributed by atoms with Gasteiger partial charge in [0.05, 0.1) is 23.3 Å². The number of benzene rings is 3. The number of nitriles is 1. The van der Waals surface area contributed by atoms with Crippen molar-refractivity contribution in [2.24, 2.45) is 0 Å².